The van der Waals surface area contributed by atoms with Crippen LogP contribution in [0.1, 0.15) is 18.5 Å². The van der Waals surface area contributed by atoms with Gasteiger partial charge in [0.1, 0.15) is 11.0 Å². The highest BCUT2D eigenvalue weighted by Crippen LogP contribution is 2.33. The Morgan fingerprint density at radius 2 is 1.55 bits per heavy atom. The molecule has 3 heterocycles. The predicted octanol–water partition coefficient (Wildman–Crippen LogP) is 5.80. The Labute approximate surface area is 179 Å². The zero-order valence-corrected chi connectivity index (χ0v) is 17.0. The lowest BCUT2D eigenvalue weighted by atomic mass is 9.99. The number of nitrogens with zero attached hydrogens (tertiary/aromatic N) is 5. The summed E-state index contributed by atoms with van der Waals surface area (Å²) in [6, 6.07) is 27.1. The van der Waals surface area contributed by atoms with Gasteiger partial charge >= 0.3 is 0 Å². The number of hydrogen-bond donors (Lipinski definition) is 0. The first-order valence-electron chi connectivity index (χ1n) is 10.3. The second kappa shape index (κ2) is 6.99. The Bertz CT molecular complexity index is 1550. The molecule has 0 bridgehead atoms. The van der Waals surface area contributed by atoms with Crippen molar-refractivity contribution < 1.29 is 0 Å². The van der Waals surface area contributed by atoms with Crippen LogP contribution < -0.4 is 0 Å². The number of fused-ring (bicyclic) bond motifs is 4. The maximum Gasteiger partial charge on any atom is 0.132 e. The van der Waals surface area contributed by atoms with Crippen LogP contribution in [-0.2, 0) is 0 Å². The van der Waals surface area contributed by atoms with Crippen molar-refractivity contribution in [3.05, 3.63) is 96.8 Å². The van der Waals surface area contributed by atoms with E-state index in [9.17, 15) is 0 Å². The molecule has 6 rings (SSSR count). The summed E-state index contributed by atoms with van der Waals surface area (Å²) in [5.74, 6) is 0. The van der Waals surface area contributed by atoms with Crippen molar-refractivity contribution in [2.24, 2.45) is 0 Å². The Hall–Kier alpha value is -4.12. The van der Waals surface area contributed by atoms with Gasteiger partial charge in [0.25, 0.3) is 0 Å². The van der Waals surface area contributed by atoms with E-state index in [-0.39, 0.29) is 6.04 Å². The van der Waals surface area contributed by atoms with Crippen LogP contribution in [0.4, 0.5) is 0 Å². The minimum Gasteiger partial charge on any atom is -0.256 e. The highest BCUT2D eigenvalue weighted by atomic mass is 15.4. The van der Waals surface area contributed by atoms with Gasteiger partial charge in [0, 0.05) is 17.0 Å². The van der Waals surface area contributed by atoms with Gasteiger partial charge in [-0.05, 0) is 47.9 Å². The Morgan fingerprint density at radius 3 is 2.45 bits per heavy atom. The summed E-state index contributed by atoms with van der Waals surface area (Å²) in [4.78, 5) is 9.13. The topological polar surface area (TPSA) is 56.5 Å². The molecule has 0 spiro atoms. The van der Waals surface area contributed by atoms with Crippen LogP contribution in [0, 0.1) is 0 Å². The van der Waals surface area contributed by atoms with E-state index in [0.29, 0.717) is 0 Å². The zero-order chi connectivity index (χ0) is 20.8. The van der Waals surface area contributed by atoms with Gasteiger partial charge in [-0.15, -0.1) is 5.10 Å². The maximum absolute atomic E-state index is 4.62. The van der Waals surface area contributed by atoms with Gasteiger partial charge in [-0.2, -0.15) is 0 Å². The Kier molecular flexibility index (Phi) is 3.99. The largest absolute Gasteiger partial charge is 0.256 e. The average Bonchev–Trinajstić information content (AvgIpc) is 3.28. The van der Waals surface area contributed by atoms with Crippen LogP contribution in [0.2, 0.25) is 0 Å². The molecular weight excluding hydrogens is 382 g/mol. The molecule has 0 aliphatic rings. The monoisotopic (exact) mass is 401 g/mol. The molecular formula is C26H19N5. The lowest BCUT2D eigenvalue weighted by Crippen LogP contribution is -2.08. The first kappa shape index (κ1) is 17.7. The third kappa shape index (κ3) is 2.86. The number of benzene rings is 3. The SMILES string of the molecule is C[C@@H](c1ccccc1)n1nnc2cnc3ccc(-c4ccnc5ccccc45)cc3c21. The van der Waals surface area contributed by atoms with Crippen molar-refractivity contribution in [3.8, 4) is 11.1 Å². The van der Waals surface area contributed by atoms with Gasteiger partial charge in [-0.3, -0.25) is 9.97 Å². The van der Waals surface area contributed by atoms with Gasteiger partial charge in [0.2, 0.25) is 0 Å². The fraction of sp³-hybridized carbons (Fsp3) is 0.0769. The normalized spacial score (nSPS) is 12.5. The fourth-order valence-corrected chi connectivity index (χ4v) is 4.28. The molecule has 31 heavy (non-hydrogen) atoms. The minimum atomic E-state index is 0.0576. The van der Waals surface area contributed by atoms with E-state index in [1.807, 2.05) is 29.1 Å². The van der Waals surface area contributed by atoms with Crippen molar-refractivity contribution in [1.29, 1.82) is 0 Å². The second-order valence-electron chi connectivity index (χ2n) is 7.72. The summed E-state index contributed by atoms with van der Waals surface area (Å²) in [7, 11) is 0. The van der Waals surface area contributed by atoms with Crippen LogP contribution in [0.15, 0.2) is 91.3 Å². The molecule has 0 unspecified atom stereocenters. The highest BCUT2D eigenvalue weighted by molar-refractivity contribution is 6.05. The summed E-state index contributed by atoms with van der Waals surface area (Å²) >= 11 is 0. The van der Waals surface area contributed by atoms with Gasteiger partial charge in [-0.25, -0.2) is 4.68 Å². The molecule has 0 radical (unpaired) electrons. The number of rotatable bonds is 3. The van der Waals surface area contributed by atoms with Crippen LogP contribution in [0.5, 0.6) is 0 Å². The molecule has 0 saturated carbocycles. The smallest absolute Gasteiger partial charge is 0.132 e. The zero-order valence-electron chi connectivity index (χ0n) is 17.0. The van der Waals surface area contributed by atoms with Crippen molar-refractivity contribution in [3.63, 3.8) is 0 Å². The molecule has 0 aliphatic heterocycles. The van der Waals surface area contributed by atoms with Gasteiger partial charge in [0.15, 0.2) is 0 Å². The van der Waals surface area contributed by atoms with Crippen LogP contribution in [-0.4, -0.2) is 25.0 Å². The fourth-order valence-electron chi connectivity index (χ4n) is 4.28. The molecule has 5 heteroatoms. The van der Waals surface area contributed by atoms with Crippen molar-refractivity contribution in [2.75, 3.05) is 0 Å². The van der Waals surface area contributed by atoms with Crippen molar-refractivity contribution in [2.45, 2.75) is 13.0 Å². The molecule has 0 N–H and O–H groups in total. The third-order valence-electron chi connectivity index (χ3n) is 5.91. The van der Waals surface area contributed by atoms with E-state index >= 15 is 0 Å². The second-order valence-corrected chi connectivity index (χ2v) is 7.72. The third-order valence-corrected chi connectivity index (χ3v) is 5.91. The summed E-state index contributed by atoms with van der Waals surface area (Å²) in [6.45, 7) is 2.15. The van der Waals surface area contributed by atoms with Gasteiger partial charge in [0.05, 0.1) is 23.3 Å². The summed E-state index contributed by atoms with van der Waals surface area (Å²) in [5.41, 5.74) is 7.18. The van der Waals surface area contributed by atoms with Crippen LogP contribution in [0.3, 0.4) is 0 Å². The predicted molar refractivity (Wildman–Crippen MR) is 124 cm³/mol. The lowest BCUT2D eigenvalue weighted by Gasteiger charge is -2.14. The number of aromatic nitrogens is 5. The van der Waals surface area contributed by atoms with E-state index in [1.54, 1.807) is 6.20 Å². The molecule has 3 aromatic heterocycles. The molecule has 3 aromatic carbocycles. The van der Waals surface area contributed by atoms with E-state index in [2.05, 4.69) is 87.9 Å². The molecule has 5 nitrogen and oxygen atoms in total. The number of hydrogen-bond acceptors (Lipinski definition) is 4. The standard InChI is InChI=1S/C26H19N5/c1-17(18-7-3-2-4-8-18)31-26-22-15-19(11-12-24(22)28-16-25(26)29-30-31)20-13-14-27-23-10-6-5-9-21(20)23/h2-17H,1H3/t17-/m0/s1. The van der Waals surface area contributed by atoms with E-state index in [4.69, 9.17) is 0 Å². The van der Waals surface area contributed by atoms with E-state index in [0.717, 1.165) is 44.0 Å². The molecule has 0 aliphatic carbocycles. The average molecular weight is 401 g/mol. The molecule has 1 atom stereocenters. The number of pyridine rings is 2. The molecule has 6 aromatic rings. The highest BCUT2D eigenvalue weighted by Gasteiger charge is 2.17. The van der Waals surface area contributed by atoms with Gasteiger partial charge < -0.3 is 0 Å². The molecule has 0 saturated heterocycles. The van der Waals surface area contributed by atoms with Crippen molar-refractivity contribution in [1.82, 2.24) is 25.0 Å². The quantitative estimate of drug-likeness (QED) is 0.376. The summed E-state index contributed by atoms with van der Waals surface area (Å²) < 4.78 is 2.00. The van der Waals surface area contributed by atoms with Crippen LogP contribution in [0.25, 0.3) is 44.0 Å². The molecule has 0 fully saturated rings. The summed E-state index contributed by atoms with van der Waals surface area (Å²) in [5, 5.41) is 11.1. The Morgan fingerprint density at radius 1 is 0.742 bits per heavy atom. The lowest BCUT2D eigenvalue weighted by molar-refractivity contribution is 0.561. The maximum atomic E-state index is 4.62. The van der Waals surface area contributed by atoms with Crippen molar-refractivity contribution >= 4 is 32.8 Å². The van der Waals surface area contributed by atoms with E-state index in [1.165, 1.54) is 5.56 Å². The first-order valence-corrected chi connectivity index (χ1v) is 10.3. The Balaban J connectivity index is 1.60. The van der Waals surface area contributed by atoms with E-state index < -0.39 is 0 Å². The number of para-hydroxylation sites is 1. The summed E-state index contributed by atoms with van der Waals surface area (Å²) in [6.07, 6.45) is 3.67. The molecule has 0 amide bonds. The minimum absolute atomic E-state index is 0.0576. The van der Waals surface area contributed by atoms with Gasteiger partial charge in [-0.1, -0.05) is 59.8 Å². The van der Waals surface area contributed by atoms with Crippen LogP contribution >= 0.6 is 0 Å². The first-order chi connectivity index (χ1) is 15.3. The molecule has 148 valence electrons.